The average molecular weight is 166 g/mol. The molecule has 0 aliphatic carbocycles. The number of amides is 1. The van der Waals surface area contributed by atoms with Gasteiger partial charge in [-0.15, -0.1) is 11.6 Å². The molecule has 0 saturated carbocycles. The molecule has 0 aromatic heterocycles. The summed E-state index contributed by atoms with van der Waals surface area (Å²) < 4.78 is 4.35. The van der Waals surface area contributed by atoms with E-state index in [0.29, 0.717) is 12.4 Å². The van der Waals surface area contributed by atoms with Crippen LogP contribution in [0.3, 0.4) is 0 Å². The summed E-state index contributed by atoms with van der Waals surface area (Å²) in [5.41, 5.74) is 0. The second-order valence-electron chi connectivity index (χ2n) is 1.81. The smallest absolute Gasteiger partial charge is 0.406 e. The predicted molar refractivity (Wildman–Crippen MR) is 40.4 cm³/mol. The number of ether oxygens (including phenoxy) is 1. The van der Waals surface area contributed by atoms with E-state index in [9.17, 15) is 4.79 Å². The molecule has 0 radical (unpaired) electrons. The Hall–Kier alpha value is -0.440. The Morgan fingerprint density at radius 1 is 1.60 bits per heavy atom. The Bertz CT molecular complexity index is 97.7. The van der Waals surface area contributed by atoms with E-state index in [-0.39, 0.29) is 6.09 Å². The number of carbonyl (C=O) groups is 1. The Morgan fingerprint density at radius 3 is 2.80 bits per heavy atom. The fourth-order valence-electron chi connectivity index (χ4n) is 0.482. The van der Waals surface area contributed by atoms with Gasteiger partial charge in [-0.3, -0.25) is 0 Å². The molecule has 0 heterocycles. The van der Waals surface area contributed by atoms with Crippen LogP contribution in [0.1, 0.15) is 12.8 Å². The van der Waals surface area contributed by atoms with Gasteiger partial charge in [-0.05, 0) is 12.8 Å². The number of alkyl carbamates (subject to hydrolysis) is 1. The fourth-order valence-corrected chi connectivity index (χ4v) is 0.671. The SMILES string of the molecule is COC(=O)NCCCCCl. The molecular formula is C6H12ClNO2. The van der Waals surface area contributed by atoms with E-state index >= 15 is 0 Å². The first-order valence-electron chi connectivity index (χ1n) is 3.19. The van der Waals surface area contributed by atoms with Crippen molar-refractivity contribution in [3.05, 3.63) is 0 Å². The van der Waals surface area contributed by atoms with Gasteiger partial charge in [-0.25, -0.2) is 4.79 Å². The van der Waals surface area contributed by atoms with Crippen LogP contribution in [0.2, 0.25) is 0 Å². The number of halogens is 1. The second kappa shape index (κ2) is 6.68. The summed E-state index contributed by atoms with van der Waals surface area (Å²) in [6.07, 6.45) is 1.44. The van der Waals surface area contributed by atoms with E-state index in [1.54, 1.807) is 0 Å². The molecule has 0 rings (SSSR count). The highest BCUT2D eigenvalue weighted by Gasteiger charge is 1.94. The molecule has 0 fully saturated rings. The van der Waals surface area contributed by atoms with E-state index in [0.717, 1.165) is 12.8 Å². The predicted octanol–water partition coefficient (Wildman–Crippen LogP) is 1.36. The van der Waals surface area contributed by atoms with Gasteiger partial charge in [-0.1, -0.05) is 0 Å². The lowest BCUT2D eigenvalue weighted by Gasteiger charge is -2.00. The fraction of sp³-hybridized carbons (Fsp3) is 0.833. The molecule has 0 aromatic carbocycles. The molecule has 3 nitrogen and oxygen atoms in total. The largest absolute Gasteiger partial charge is 0.453 e. The quantitative estimate of drug-likeness (QED) is 0.505. The minimum Gasteiger partial charge on any atom is -0.453 e. The number of carbonyl (C=O) groups excluding carboxylic acids is 1. The highest BCUT2D eigenvalue weighted by atomic mass is 35.5. The van der Waals surface area contributed by atoms with Crippen molar-refractivity contribution in [3.63, 3.8) is 0 Å². The first-order chi connectivity index (χ1) is 4.81. The van der Waals surface area contributed by atoms with Gasteiger partial charge >= 0.3 is 6.09 Å². The maximum Gasteiger partial charge on any atom is 0.406 e. The normalized spacial score (nSPS) is 9.00. The maximum atomic E-state index is 10.4. The molecule has 0 aromatic rings. The van der Waals surface area contributed by atoms with Gasteiger partial charge in [0.1, 0.15) is 0 Å². The first kappa shape index (κ1) is 9.56. The van der Waals surface area contributed by atoms with Crippen LogP contribution in [0.25, 0.3) is 0 Å². The van der Waals surface area contributed by atoms with Crippen molar-refractivity contribution in [1.82, 2.24) is 5.32 Å². The van der Waals surface area contributed by atoms with Crippen molar-refractivity contribution in [3.8, 4) is 0 Å². The number of unbranched alkanes of at least 4 members (excludes halogenated alkanes) is 1. The zero-order chi connectivity index (χ0) is 7.82. The topological polar surface area (TPSA) is 38.3 Å². The van der Waals surface area contributed by atoms with Gasteiger partial charge in [0.25, 0.3) is 0 Å². The van der Waals surface area contributed by atoms with Crippen LogP contribution < -0.4 is 5.32 Å². The summed E-state index contributed by atoms with van der Waals surface area (Å²) in [7, 11) is 1.34. The summed E-state index contributed by atoms with van der Waals surface area (Å²) in [6.45, 7) is 0.638. The Kier molecular flexibility index (Phi) is 6.38. The standard InChI is InChI=1S/C6H12ClNO2/c1-10-6(9)8-5-3-2-4-7/h2-5H2,1H3,(H,8,9). The average Bonchev–Trinajstić information content (AvgIpc) is 1.98. The van der Waals surface area contributed by atoms with E-state index in [1.807, 2.05) is 0 Å². The van der Waals surface area contributed by atoms with Crippen molar-refractivity contribution < 1.29 is 9.53 Å². The molecule has 0 aliphatic rings. The van der Waals surface area contributed by atoms with Gasteiger partial charge in [-0.2, -0.15) is 0 Å². The minimum atomic E-state index is -0.380. The molecule has 0 bridgehead atoms. The lowest BCUT2D eigenvalue weighted by molar-refractivity contribution is 0.171. The van der Waals surface area contributed by atoms with Crippen molar-refractivity contribution >= 4 is 17.7 Å². The van der Waals surface area contributed by atoms with E-state index in [2.05, 4.69) is 10.1 Å². The van der Waals surface area contributed by atoms with Crippen LogP contribution in [0.4, 0.5) is 4.79 Å². The van der Waals surface area contributed by atoms with Crippen LogP contribution >= 0.6 is 11.6 Å². The molecule has 0 atom stereocenters. The summed E-state index contributed by atoms with van der Waals surface area (Å²) >= 11 is 5.41. The molecular weight excluding hydrogens is 154 g/mol. The van der Waals surface area contributed by atoms with Gasteiger partial charge in [0.05, 0.1) is 7.11 Å². The van der Waals surface area contributed by atoms with Crippen molar-refractivity contribution in [2.45, 2.75) is 12.8 Å². The first-order valence-corrected chi connectivity index (χ1v) is 3.72. The lowest BCUT2D eigenvalue weighted by atomic mass is 10.3. The third-order valence-corrected chi connectivity index (χ3v) is 1.28. The molecule has 1 amide bonds. The third-order valence-electron chi connectivity index (χ3n) is 1.02. The molecule has 0 saturated heterocycles. The van der Waals surface area contributed by atoms with Gasteiger partial charge in [0.2, 0.25) is 0 Å². The van der Waals surface area contributed by atoms with Crippen LogP contribution in [-0.2, 0) is 4.74 Å². The minimum absolute atomic E-state index is 0.380. The molecule has 0 spiro atoms. The number of nitrogens with one attached hydrogen (secondary N) is 1. The van der Waals surface area contributed by atoms with Crippen molar-refractivity contribution in [2.24, 2.45) is 0 Å². The van der Waals surface area contributed by atoms with Crippen molar-refractivity contribution in [2.75, 3.05) is 19.5 Å². The lowest BCUT2D eigenvalue weighted by Crippen LogP contribution is -2.23. The summed E-state index contributed by atoms with van der Waals surface area (Å²) in [5, 5.41) is 2.55. The summed E-state index contributed by atoms with van der Waals surface area (Å²) in [6, 6.07) is 0. The van der Waals surface area contributed by atoms with Crippen molar-refractivity contribution in [1.29, 1.82) is 0 Å². The Morgan fingerprint density at radius 2 is 2.30 bits per heavy atom. The summed E-state index contributed by atoms with van der Waals surface area (Å²) in [5.74, 6) is 0.642. The number of methoxy groups -OCH3 is 1. The van der Waals surface area contributed by atoms with E-state index < -0.39 is 0 Å². The number of hydrogen-bond donors (Lipinski definition) is 1. The van der Waals surface area contributed by atoms with Crippen LogP contribution in [0, 0.1) is 0 Å². The third kappa shape index (κ3) is 5.69. The molecule has 0 aliphatic heterocycles. The maximum absolute atomic E-state index is 10.4. The Balaban J connectivity index is 2.96. The number of rotatable bonds is 4. The van der Waals surface area contributed by atoms with Crippen LogP contribution in [0.15, 0.2) is 0 Å². The number of hydrogen-bond acceptors (Lipinski definition) is 2. The molecule has 60 valence electrons. The van der Waals surface area contributed by atoms with Gasteiger partial charge in [0.15, 0.2) is 0 Å². The van der Waals surface area contributed by atoms with E-state index in [4.69, 9.17) is 11.6 Å². The summed E-state index contributed by atoms with van der Waals surface area (Å²) in [4.78, 5) is 10.4. The zero-order valence-corrected chi connectivity index (χ0v) is 6.78. The van der Waals surface area contributed by atoms with Crippen LogP contribution in [0.5, 0.6) is 0 Å². The number of alkyl halides is 1. The second-order valence-corrected chi connectivity index (χ2v) is 2.19. The molecule has 4 heteroatoms. The van der Waals surface area contributed by atoms with E-state index in [1.165, 1.54) is 7.11 Å². The molecule has 1 N–H and O–H groups in total. The van der Waals surface area contributed by atoms with Gasteiger partial charge < -0.3 is 10.1 Å². The monoisotopic (exact) mass is 165 g/mol. The highest BCUT2D eigenvalue weighted by molar-refractivity contribution is 6.17. The molecule has 10 heavy (non-hydrogen) atoms. The van der Waals surface area contributed by atoms with Crippen LogP contribution in [-0.4, -0.2) is 25.6 Å². The highest BCUT2D eigenvalue weighted by Crippen LogP contribution is 1.89. The Labute approximate surface area is 65.7 Å². The van der Waals surface area contributed by atoms with Gasteiger partial charge in [0, 0.05) is 12.4 Å². The zero-order valence-electron chi connectivity index (χ0n) is 6.02. The molecule has 0 unspecified atom stereocenters.